The number of carboxylic acid groups (broad SMARTS) is 1. The van der Waals surface area contributed by atoms with Crippen molar-refractivity contribution in [3.05, 3.63) is 11.8 Å². The first-order chi connectivity index (χ1) is 12.2. The number of hydrogen-bond acceptors (Lipinski definition) is 7. The fourth-order valence-corrected chi connectivity index (χ4v) is 3.88. The monoisotopic (exact) mass is 385 g/mol. The standard InChI is InChI=1S/C20H34O7/c1-11-14(21)8-15(17(23)24)27-20(11,7)10-25-9-19(6)13(3)26-18(4,5)12(2)16(19)22/h8,11-14,16,21-22H,9-10H2,1-7H3,(H,23,24)/p-1/t11?,12?,13?,14-,16+,19-,20-/m1/s1. The highest BCUT2D eigenvalue weighted by Crippen LogP contribution is 2.45. The number of aliphatic carboxylic acids is 1. The summed E-state index contributed by atoms with van der Waals surface area (Å²) < 4.78 is 17.6. The van der Waals surface area contributed by atoms with Gasteiger partial charge in [0, 0.05) is 17.3 Å². The van der Waals surface area contributed by atoms with Crippen LogP contribution in [0.3, 0.4) is 0 Å². The molecule has 7 nitrogen and oxygen atoms in total. The summed E-state index contributed by atoms with van der Waals surface area (Å²) in [4.78, 5) is 11.1. The van der Waals surface area contributed by atoms with Gasteiger partial charge in [-0.25, -0.2) is 0 Å². The van der Waals surface area contributed by atoms with Crippen LogP contribution in [0.5, 0.6) is 0 Å². The Kier molecular flexibility index (Phi) is 6.03. The summed E-state index contributed by atoms with van der Waals surface area (Å²) >= 11 is 0. The highest BCUT2D eigenvalue weighted by atomic mass is 16.6. The van der Waals surface area contributed by atoms with Crippen LogP contribution in [-0.4, -0.2) is 58.9 Å². The second-order valence-electron chi connectivity index (χ2n) is 9.11. The van der Waals surface area contributed by atoms with Gasteiger partial charge >= 0.3 is 0 Å². The van der Waals surface area contributed by atoms with E-state index >= 15 is 0 Å². The van der Waals surface area contributed by atoms with Crippen LogP contribution in [0.1, 0.15) is 48.5 Å². The Morgan fingerprint density at radius 1 is 1.15 bits per heavy atom. The largest absolute Gasteiger partial charge is 0.542 e. The molecular weight excluding hydrogens is 352 g/mol. The average Bonchev–Trinajstić information content (AvgIpc) is 2.56. The normalized spacial score (nSPS) is 44.3. The van der Waals surface area contributed by atoms with Gasteiger partial charge in [-0.3, -0.25) is 0 Å². The molecule has 0 spiro atoms. The Morgan fingerprint density at radius 3 is 2.30 bits per heavy atom. The third-order valence-electron chi connectivity index (χ3n) is 6.80. The summed E-state index contributed by atoms with van der Waals surface area (Å²) in [5.74, 6) is -2.32. The first kappa shape index (κ1) is 22.1. The van der Waals surface area contributed by atoms with Gasteiger partial charge in [0.15, 0.2) is 0 Å². The molecule has 2 rings (SSSR count). The van der Waals surface area contributed by atoms with E-state index in [0.29, 0.717) is 0 Å². The number of hydrogen-bond donors (Lipinski definition) is 2. The number of aliphatic hydroxyl groups is 2. The van der Waals surface area contributed by atoms with E-state index in [1.807, 2.05) is 34.6 Å². The zero-order chi connectivity index (χ0) is 20.8. The fourth-order valence-electron chi connectivity index (χ4n) is 3.88. The van der Waals surface area contributed by atoms with E-state index in [-0.39, 0.29) is 36.9 Å². The van der Waals surface area contributed by atoms with Crippen LogP contribution in [0, 0.1) is 17.3 Å². The molecule has 1 fully saturated rings. The summed E-state index contributed by atoms with van der Waals surface area (Å²) in [6.45, 7) is 13.5. The summed E-state index contributed by atoms with van der Waals surface area (Å²) in [7, 11) is 0. The number of carboxylic acids is 1. The molecule has 0 saturated carbocycles. The molecule has 0 radical (unpaired) electrons. The molecule has 0 aromatic rings. The van der Waals surface area contributed by atoms with Gasteiger partial charge in [-0.05, 0) is 33.8 Å². The quantitative estimate of drug-likeness (QED) is 0.714. The van der Waals surface area contributed by atoms with Crippen molar-refractivity contribution in [2.75, 3.05) is 13.2 Å². The van der Waals surface area contributed by atoms with Crippen molar-refractivity contribution >= 4 is 5.97 Å². The van der Waals surface area contributed by atoms with Crippen LogP contribution in [0.15, 0.2) is 11.8 Å². The first-order valence-electron chi connectivity index (χ1n) is 9.48. The van der Waals surface area contributed by atoms with E-state index in [2.05, 4.69) is 0 Å². The lowest BCUT2D eigenvalue weighted by atomic mass is 9.68. The van der Waals surface area contributed by atoms with Crippen molar-refractivity contribution in [2.45, 2.75) is 78.0 Å². The second kappa shape index (κ2) is 7.35. The maximum absolute atomic E-state index is 11.1. The van der Waals surface area contributed by atoms with E-state index < -0.39 is 34.8 Å². The second-order valence-corrected chi connectivity index (χ2v) is 9.11. The third kappa shape index (κ3) is 4.01. The lowest BCUT2D eigenvalue weighted by molar-refractivity contribution is -0.307. The summed E-state index contributed by atoms with van der Waals surface area (Å²) in [5, 5.41) is 32.2. The van der Waals surface area contributed by atoms with Crippen molar-refractivity contribution in [3.63, 3.8) is 0 Å². The van der Waals surface area contributed by atoms with Gasteiger partial charge in [0.1, 0.15) is 17.3 Å². The Morgan fingerprint density at radius 2 is 1.74 bits per heavy atom. The van der Waals surface area contributed by atoms with Crippen LogP contribution in [-0.2, 0) is 19.0 Å². The maximum atomic E-state index is 11.1. The first-order valence-corrected chi connectivity index (χ1v) is 9.48. The fraction of sp³-hybridized carbons (Fsp3) is 0.850. The number of carbonyl (C=O) groups excluding carboxylic acids is 1. The summed E-state index contributed by atoms with van der Waals surface area (Å²) in [6.07, 6.45) is -0.689. The molecule has 0 aliphatic carbocycles. The predicted molar refractivity (Wildman–Crippen MR) is 96.5 cm³/mol. The molecule has 3 unspecified atom stereocenters. The van der Waals surface area contributed by atoms with Crippen molar-refractivity contribution in [1.29, 1.82) is 0 Å². The highest BCUT2D eigenvalue weighted by molar-refractivity contribution is 5.82. The van der Waals surface area contributed by atoms with Gasteiger partial charge in [0.05, 0.1) is 37.1 Å². The van der Waals surface area contributed by atoms with Crippen molar-refractivity contribution in [3.8, 4) is 0 Å². The van der Waals surface area contributed by atoms with E-state index in [0.717, 1.165) is 6.08 Å². The minimum absolute atomic E-state index is 0.0582. The number of ether oxygens (including phenoxy) is 3. The molecule has 7 heteroatoms. The Balaban J connectivity index is 2.08. The van der Waals surface area contributed by atoms with Crippen molar-refractivity contribution in [1.82, 2.24) is 0 Å². The van der Waals surface area contributed by atoms with Crippen LogP contribution >= 0.6 is 0 Å². The molecule has 7 atom stereocenters. The molecule has 27 heavy (non-hydrogen) atoms. The Hall–Kier alpha value is -1.15. The molecule has 2 aliphatic heterocycles. The van der Waals surface area contributed by atoms with Crippen molar-refractivity contribution in [2.24, 2.45) is 17.3 Å². The zero-order valence-electron chi connectivity index (χ0n) is 17.3. The molecule has 1 saturated heterocycles. The molecule has 2 heterocycles. The van der Waals surface area contributed by atoms with E-state index in [4.69, 9.17) is 14.2 Å². The Labute approximate surface area is 161 Å². The molecule has 2 N–H and O–H groups in total. The minimum atomic E-state index is -1.47. The van der Waals surface area contributed by atoms with Gasteiger partial charge in [0.25, 0.3) is 0 Å². The topological polar surface area (TPSA) is 108 Å². The minimum Gasteiger partial charge on any atom is -0.542 e. The zero-order valence-corrected chi connectivity index (χ0v) is 17.3. The number of aliphatic hydroxyl groups excluding tert-OH is 2. The highest BCUT2D eigenvalue weighted by Gasteiger charge is 2.53. The molecule has 0 bridgehead atoms. The maximum Gasteiger partial charge on any atom is 0.141 e. The van der Waals surface area contributed by atoms with Gasteiger partial charge in [-0.1, -0.05) is 20.8 Å². The van der Waals surface area contributed by atoms with Gasteiger partial charge in [-0.2, -0.15) is 0 Å². The van der Waals surface area contributed by atoms with E-state index in [9.17, 15) is 20.1 Å². The lowest BCUT2D eigenvalue weighted by Crippen LogP contribution is -2.61. The number of carbonyl (C=O) groups is 1. The van der Waals surface area contributed by atoms with Crippen LogP contribution in [0.4, 0.5) is 0 Å². The molecular formula is C20H33O7-. The summed E-state index contributed by atoms with van der Waals surface area (Å²) in [5.41, 5.74) is -2.10. The molecule has 0 aromatic carbocycles. The smallest absolute Gasteiger partial charge is 0.141 e. The molecule has 0 amide bonds. The lowest BCUT2D eigenvalue weighted by Gasteiger charge is -2.53. The van der Waals surface area contributed by atoms with Crippen LogP contribution < -0.4 is 5.11 Å². The van der Waals surface area contributed by atoms with Gasteiger partial charge in [0.2, 0.25) is 0 Å². The summed E-state index contributed by atoms with van der Waals surface area (Å²) in [6, 6.07) is 0. The van der Waals surface area contributed by atoms with Crippen molar-refractivity contribution < 1.29 is 34.3 Å². The van der Waals surface area contributed by atoms with Gasteiger partial charge < -0.3 is 34.3 Å². The van der Waals surface area contributed by atoms with Gasteiger partial charge in [-0.15, -0.1) is 0 Å². The van der Waals surface area contributed by atoms with E-state index in [1.54, 1.807) is 13.8 Å². The predicted octanol–water partition coefficient (Wildman–Crippen LogP) is 0.623. The SMILES string of the molecule is CC1[C@H](O)[C@](C)(COC[C@@]2(C)OC(C(=O)[O-])=C[C@@H](O)C2C)C(C)OC1(C)C. The number of rotatable bonds is 5. The average molecular weight is 385 g/mol. The molecule has 0 aromatic heterocycles. The van der Waals surface area contributed by atoms with Crippen LogP contribution in [0.2, 0.25) is 0 Å². The molecule has 2 aliphatic rings. The molecule has 156 valence electrons. The van der Waals surface area contributed by atoms with E-state index in [1.165, 1.54) is 0 Å². The van der Waals surface area contributed by atoms with Crippen LogP contribution in [0.25, 0.3) is 0 Å². The third-order valence-corrected chi connectivity index (χ3v) is 6.80. The Bertz CT molecular complexity index is 601.